The molecule has 2 aliphatic rings. The van der Waals surface area contributed by atoms with Gasteiger partial charge in [0.2, 0.25) is 0 Å². The molecule has 0 spiro atoms. The van der Waals surface area contributed by atoms with Crippen LogP contribution in [0.15, 0.2) is 58.9 Å². The lowest BCUT2D eigenvalue weighted by molar-refractivity contribution is -0.137. The highest BCUT2D eigenvalue weighted by atomic mass is 32.1. The summed E-state index contributed by atoms with van der Waals surface area (Å²) in [6, 6.07) is 9.96. The number of thiazole rings is 1. The van der Waals surface area contributed by atoms with Gasteiger partial charge in [0.1, 0.15) is 11.4 Å². The molecule has 4 nitrogen and oxygen atoms in total. The standard InChI is InChI=1S/C23H24F3NOS.C3H4N2S/c1-22(2)13-20(18-6-4-16(29)12-21(18)28-22)17-5-3-15(23(24,25)26)11-19(17)14-7-9-27-10-8-14;4-3-5-1-2-6-3/h3-7,11-12,20,27,29H,8-10,13H2,1-2H3;1-2H,(H2,4,5). The first-order valence-corrected chi connectivity index (χ1v) is 12.6. The normalized spacial score (nSPS) is 19.0. The van der Waals surface area contributed by atoms with E-state index < -0.39 is 17.3 Å². The maximum Gasteiger partial charge on any atom is 0.416 e. The van der Waals surface area contributed by atoms with Crippen LogP contribution in [-0.4, -0.2) is 23.7 Å². The molecule has 0 saturated carbocycles. The molecule has 0 radical (unpaired) electrons. The third kappa shape index (κ3) is 6.20. The number of nitrogens with zero attached hydrogens (tertiary/aromatic N) is 1. The van der Waals surface area contributed by atoms with Crippen LogP contribution in [0.1, 0.15) is 54.9 Å². The fourth-order valence-electron chi connectivity index (χ4n) is 4.53. The van der Waals surface area contributed by atoms with Crippen molar-refractivity contribution in [2.24, 2.45) is 0 Å². The Kier molecular flexibility index (Phi) is 7.49. The average Bonchev–Trinajstić information content (AvgIpc) is 3.28. The number of aromatic nitrogens is 1. The number of nitrogens with one attached hydrogen (secondary N) is 1. The number of ether oxygens (including phenoxy) is 1. The second-order valence-corrected chi connectivity index (χ2v) is 10.6. The summed E-state index contributed by atoms with van der Waals surface area (Å²) in [4.78, 5) is 4.51. The van der Waals surface area contributed by atoms with Gasteiger partial charge in [0, 0.05) is 34.5 Å². The Hall–Kier alpha value is -2.49. The molecule has 2 aromatic carbocycles. The summed E-state index contributed by atoms with van der Waals surface area (Å²) in [5.74, 6) is 0.708. The van der Waals surface area contributed by atoms with Gasteiger partial charge in [0.05, 0.1) is 5.56 Å². The number of anilines is 1. The average molecular weight is 520 g/mol. The molecule has 2 aliphatic heterocycles. The van der Waals surface area contributed by atoms with E-state index in [1.165, 1.54) is 23.5 Å². The van der Waals surface area contributed by atoms with Crippen LogP contribution in [0.5, 0.6) is 5.75 Å². The number of fused-ring (bicyclic) bond motifs is 1. The number of nitrogen functional groups attached to an aromatic ring is 1. The summed E-state index contributed by atoms with van der Waals surface area (Å²) in [5, 5.41) is 5.71. The molecule has 0 saturated heterocycles. The Morgan fingerprint density at radius 1 is 1.17 bits per heavy atom. The predicted molar refractivity (Wildman–Crippen MR) is 138 cm³/mol. The maximum absolute atomic E-state index is 13.5. The maximum atomic E-state index is 13.5. The highest BCUT2D eigenvalue weighted by Crippen LogP contribution is 2.47. The molecule has 3 aromatic rings. The number of rotatable bonds is 2. The Balaban J connectivity index is 0.000000421. The van der Waals surface area contributed by atoms with Crippen molar-refractivity contribution in [3.05, 3.63) is 76.3 Å². The molecule has 5 rings (SSSR count). The third-order valence-corrected chi connectivity index (χ3v) is 6.95. The lowest BCUT2D eigenvalue weighted by atomic mass is 9.76. The van der Waals surface area contributed by atoms with Crippen LogP contribution in [0.4, 0.5) is 18.3 Å². The molecular formula is C26H28F3N3OS2. The van der Waals surface area contributed by atoms with Crippen LogP contribution >= 0.6 is 24.0 Å². The molecule has 1 atom stereocenters. The van der Waals surface area contributed by atoms with E-state index in [0.29, 0.717) is 30.1 Å². The van der Waals surface area contributed by atoms with Crippen molar-refractivity contribution < 1.29 is 17.9 Å². The van der Waals surface area contributed by atoms with Crippen molar-refractivity contribution in [1.29, 1.82) is 0 Å². The topological polar surface area (TPSA) is 60.2 Å². The number of alkyl halides is 3. The molecule has 3 heterocycles. The zero-order valence-corrected chi connectivity index (χ0v) is 21.2. The number of nitrogens with two attached hydrogens (primary N) is 1. The van der Waals surface area contributed by atoms with Gasteiger partial charge < -0.3 is 15.8 Å². The molecule has 0 bridgehead atoms. The molecule has 0 aliphatic carbocycles. The zero-order valence-electron chi connectivity index (χ0n) is 19.5. The number of hydrogen-bond acceptors (Lipinski definition) is 6. The summed E-state index contributed by atoms with van der Waals surface area (Å²) in [6.07, 6.45) is 0.721. The predicted octanol–water partition coefficient (Wildman–Crippen LogP) is 6.79. The van der Waals surface area contributed by atoms with Gasteiger partial charge in [-0.25, -0.2) is 4.98 Å². The first kappa shape index (κ1) is 25.6. The quantitative estimate of drug-likeness (QED) is 0.326. The van der Waals surface area contributed by atoms with Crippen molar-refractivity contribution >= 4 is 34.7 Å². The van der Waals surface area contributed by atoms with Crippen LogP contribution in [-0.2, 0) is 6.18 Å². The SMILES string of the molecule is CC1(C)CC(c2ccc(C(F)(F)F)cc2C2=CCNCC2)c2ccc(S)cc2O1.Nc1nccs1. The minimum atomic E-state index is -4.37. The van der Waals surface area contributed by atoms with Gasteiger partial charge in [-0.05, 0) is 74.2 Å². The fraction of sp³-hybridized carbons (Fsp3) is 0.346. The van der Waals surface area contributed by atoms with Crippen molar-refractivity contribution in [3.63, 3.8) is 0 Å². The largest absolute Gasteiger partial charge is 0.487 e. The van der Waals surface area contributed by atoms with E-state index in [4.69, 9.17) is 10.5 Å². The van der Waals surface area contributed by atoms with Crippen LogP contribution in [0.2, 0.25) is 0 Å². The van der Waals surface area contributed by atoms with Gasteiger partial charge in [-0.1, -0.05) is 18.2 Å². The highest BCUT2D eigenvalue weighted by molar-refractivity contribution is 7.80. The summed E-state index contributed by atoms with van der Waals surface area (Å²) >= 11 is 5.86. The molecule has 0 amide bonds. The van der Waals surface area contributed by atoms with Gasteiger partial charge in [-0.2, -0.15) is 13.2 Å². The van der Waals surface area contributed by atoms with Crippen LogP contribution in [0, 0.1) is 0 Å². The van der Waals surface area contributed by atoms with E-state index >= 15 is 0 Å². The first-order valence-electron chi connectivity index (χ1n) is 11.3. The smallest absolute Gasteiger partial charge is 0.416 e. The van der Waals surface area contributed by atoms with E-state index in [0.717, 1.165) is 33.9 Å². The Morgan fingerprint density at radius 2 is 1.94 bits per heavy atom. The molecule has 186 valence electrons. The fourth-order valence-corrected chi connectivity index (χ4v) is 5.11. The van der Waals surface area contributed by atoms with E-state index in [9.17, 15) is 13.2 Å². The van der Waals surface area contributed by atoms with Crippen LogP contribution in [0.25, 0.3) is 5.57 Å². The van der Waals surface area contributed by atoms with E-state index in [2.05, 4.69) is 22.9 Å². The first-order chi connectivity index (χ1) is 16.5. The van der Waals surface area contributed by atoms with E-state index in [1.54, 1.807) is 12.3 Å². The minimum absolute atomic E-state index is 0.0456. The van der Waals surface area contributed by atoms with E-state index in [-0.39, 0.29) is 5.92 Å². The van der Waals surface area contributed by atoms with Gasteiger partial charge in [-0.15, -0.1) is 24.0 Å². The lowest BCUT2D eigenvalue weighted by Crippen LogP contribution is -2.35. The summed E-state index contributed by atoms with van der Waals surface area (Å²) < 4.78 is 46.5. The van der Waals surface area contributed by atoms with Gasteiger partial charge in [-0.3, -0.25) is 0 Å². The van der Waals surface area contributed by atoms with Crippen LogP contribution < -0.4 is 15.8 Å². The number of hydrogen-bond donors (Lipinski definition) is 3. The van der Waals surface area contributed by atoms with Crippen molar-refractivity contribution in [2.75, 3.05) is 18.8 Å². The van der Waals surface area contributed by atoms with Crippen LogP contribution in [0.3, 0.4) is 0 Å². The number of halogens is 3. The lowest BCUT2D eigenvalue weighted by Gasteiger charge is -2.39. The number of thiol groups is 1. The van der Waals surface area contributed by atoms with Crippen molar-refractivity contribution in [2.45, 2.75) is 49.3 Å². The highest BCUT2D eigenvalue weighted by Gasteiger charge is 2.37. The third-order valence-electron chi connectivity index (χ3n) is 6.07. The summed E-state index contributed by atoms with van der Waals surface area (Å²) in [6.45, 7) is 5.47. The summed E-state index contributed by atoms with van der Waals surface area (Å²) in [5.41, 5.74) is 7.75. The van der Waals surface area contributed by atoms with Crippen molar-refractivity contribution in [1.82, 2.24) is 10.3 Å². The summed E-state index contributed by atoms with van der Waals surface area (Å²) in [7, 11) is 0. The molecule has 9 heteroatoms. The molecule has 1 unspecified atom stereocenters. The van der Waals surface area contributed by atoms with Gasteiger partial charge in [0.15, 0.2) is 5.13 Å². The zero-order chi connectivity index (χ0) is 25.2. The molecule has 1 aromatic heterocycles. The monoisotopic (exact) mass is 519 g/mol. The minimum Gasteiger partial charge on any atom is -0.487 e. The van der Waals surface area contributed by atoms with Crippen molar-refractivity contribution in [3.8, 4) is 5.75 Å². The second kappa shape index (κ2) is 10.2. The molecule has 0 fully saturated rings. The van der Waals surface area contributed by atoms with Gasteiger partial charge in [0.25, 0.3) is 0 Å². The van der Waals surface area contributed by atoms with Gasteiger partial charge >= 0.3 is 6.18 Å². The second-order valence-electron chi connectivity index (χ2n) is 9.19. The molecule has 3 N–H and O–H groups in total. The number of benzene rings is 2. The molecule has 35 heavy (non-hydrogen) atoms. The molecular weight excluding hydrogens is 491 g/mol. The Labute approximate surface area is 212 Å². The Bertz CT molecular complexity index is 1210. The Morgan fingerprint density at radius 3 is 2.54 bits per heavy atom. The van der Waals surface area contributed by atoms with E-state index in [1.807, 2.05) is 43.5 Å².